The van der Waals surface area contributed by atoms with Gasteiger partial charge >= 0.3 is 5.97 Å². The number of likely N-dealkylation sites (N-methyl/N-ethyl adjacent to an activating group) is 1. The molecule has 1 aromatic rings. The van der Waals surface area contributed by atoms with E-state index in [0.717, 1.165) is 0 Å². The number of para-hydroxylation sites is 1. The molecule has 0 aliphatic carbocycles. The average molecular weight is 294 g/mol. The van der Waals surface area contributed by atoms with Crippen LogP contribution in [0.4, 0.5) is 10.1 Å². The van der Waals surface area contributed by atoms with Gasteiger partial charge in [0.25, 0.3) is 0 Å². The number of carbonyl (C=O) groups is 2. The molecule has 1 heterocycles. The molecule has 0 spiro atoms. The van der Waals surface area contributed by atoms with E-state index in [1.54, 1.807) is 37.1 Å². The molecule has 1 aromatic carbocycles. The van der Waals surface area contributed by atoms with Gasteiger partial charge in [-0.25, -0.2) is 4.39 Å². The van der Waals surface area contributed by atoms with Crippen LogP contribution >= 0.6 is 0 Å². The Hall–Kier alpha value is -1.95. The van der Waals surface area contributed by atoms with E-state index in [2.05, 4.69) is 0 Å². The number of rotatable bonds is 5. The zero-order chi connectivity index (χ0) is 15.4. The van der Waals surface area contributed by atoms with E-state index < -0.39 is 11.9 Å². The smallest absolute Gasteiger partial charge is 0.320 e. The van der Waals surface area contributed by atoms with Gasteiger partial charge in [-0.3, -0.25) is 14.5 Å². The predicted molar refractivity (Wildman–Crippen MR) is 76.4 cm³/mol. The molecule has 0 unspecified atom stereocenters. The van der Waals surface area contributed by atoms with Crippen molar-refractivity contribution in [3.05, 3.63) is 30.1 Å². The summed E-state index contributed by atoms with van der Waals surface area (Å²) in [6.45, 7) is 2.54. The zero-order valence-electron chi connectivity index (χ0n) is 12.2. The fourth-order valence-electron chi connectivity index (χ4n) is 2.50. The summed E-state index contributed by atoms with van der Waals surface area (Å²) < 4.78 is 18.6. The molecule has 0 N–H and O–H groups in total. The second-order valence-corrected chi connectivity index (χ2v) is 4.97. The summed E-state index contributed by atoms with van der Waals surface area (Å²) in [4.78, 5) is 27.0. The third-order valence-electron chi connectivity index (χ3n) is 3.54. The van der Waals surface area contributed by atoms with Crippen molar-refractivity contribution >= 4 is 17.6 Å². The Kier molecular flexibility index (Phi) is 4.90. The van der Waals surface area contributed by atoms with E-state index in [-0.39, 0.29) is 24.1 Å². The molecule has 0 aromatic heterocycles. The number of hydrogen-bond donors (Lipinski definition) is 0. The molecule has 1 aliphatic rings. The maximum atomic E-state index is 13.8. The van der Waals surface area contributed by atoms with Gasteiger partial charge in [0.2, 0.25) is 5.91 Å². The first-order valence-corrected chi connectivity index (χ1v) is 6.96. The lowest BCUT2D eigenvalue weighted by molar-refractivity contribution is -0.144. The molecular formula is C15H19FN2O3. The van der Waals surface area contributed by atoms with E-state index in [9.17, 15) is 14.0 Å². The maximum absolute atomic E-state index is 13.8. The normalized spacial score (nSPS) is 18.4. The Balaban J connectivity index is 2.05. The molecule has 0 radical (unpaired) electrons. The molecule has 1 fully saturated rings. The highest BCUT2D eigenvalue weighted by Gasteiger charge is 2.36. The Morgan fingerprint density at radius 3 is 2.86 bits per heavy atom. The van der Waals surface area contributed by atoms with E-state index in [0.29, 0.717) is 19.6 Å². The van der Waals surface area contributed by atoms with E-state index in [1.165, 1.54) is 11.0 Å². The fraction of sp³-hybridized carbons (Fsp3) is 0.467. The van der Waals surface area contributed by atoms with Crippen LogP contribution in [0.3, 0.4) is 0 Å². The number of nitrogens with zero attached hydrogens (tertiary/aromatic N) is 2. The third-order valence-corrected chi connectivity index (χ3v) is 3.54. The third kappa shape index (κ3) is 3.39. The second kappa shape index (κ2) is 6.67. The highest BCUT2D eigenvalue weighted by atomic mass is 19.1. The molecule has 2 rings (SSSR count). The molecule has 1 aliphatic heterocycles. The lowest BCUT2D eigenvalue weighted by atomic mass is 10.2. The van der Waals surface area contributed by atoms with Gasteiger partial charge in [0.15, 0.2) is 0 Å². The van der Waals surface area contributed by atoms with E-state index >= 15 is 0 Å². The predicted octanol–water partition coefficient (Wildman–Crippen LogP) is 1.43. The van der Waals surface area contributed by atoms with Crippen molar-refractivity contribution in [3.63, 3.8) is 0 Å². The number of amides is 1. The van der Waals surface area contributed by atoms with Crippen LogP contribution < -0.4 is 4.90 Å². The SMILES string of the molecule is CCOC(=O)CN(C)[C@@H]1CCN(c2ccccc2F)C1=O. The average Bonchev–Trinajstić information content (AvgIpc) is 2.81. The van der Waals surface area contributed by atoms with Gasteiger partial charge in [-0.1, -0.05) is 12.1 Å². The van der Waals surface area contributed by atoms with Crippen LogP contribution in [0.5, 0.6) is 0 Å². The topological polar surface area (TPSA) is 49.9 Å². The summed E-state index contributed by atoms with van der Waals surface area (Å²) in [6.07, 6.45) is 0.559. The number of ether oxygens (including phenoxy) is 1. The Morgan fingerprint density at radius 1 is 1.48 bits per heavy atom. The quantitative estimate of drug-likeness (QED) is 0.771. The highest BCUT2D eigenvalue weighted by Crippen LogP contribution is 2.26. The summed E-state index contributed by atoms with van der Waals surface area (Å²) in [5.74, 6) is -0.969. The van der Waals surface area contributed by atoms with Gasteiger partial charge in [-0.05, 0) is 32.5 Å². The van der Waals surface area contributed by atoms with Crippen molar-refractivity contribution < 1.29 is 18.7 Å². The van der Waals surface area contributed by atoms with Crippen molar-refractivity contribution in [2.24, 2.45) is 0 Å². The molecule has 1 saturated heterocycles. The summed E-state index contributed by atoms with van der Waals surface area (Å²) in [5, 5.41) is 0. The van der Waals surface area contributed by atoms with Crippen molar-refractivity contribution in [3.8, 4) is 0 Å². The van der Waals surface area contributed by atoms with Gasteiger partial charge < -0.3 is 9.64 Å². The molecule has 21 heavy (non-hydrogen) atoms. The minimum atomic E-state index is -0.422. The summed E-state index contributed by atoms with van der Waals surface area (Å²) in [5.41, 5.74) is 0.287. The number of benzene rings is 1. The summed E-state index contributed by atoms with van der Waals surface area (Å²) in [6, 6.07) is 5.78. The monoisotopic (exact) mass is 294 g/mol. The first kappa shape index (κ1) is 15.4. The van der Waals surface area contributed by atoms with Crippen LogP contribution in [0, 0.1) is 5.82 Å². The maximum Gasteiger partial charge on any atom is 0.320 e. The minimum absolute atomic E-state index is 0.0510. The Bertz CT molecular complexity index is 535. The Morgan fingerprint density at radius 2 is 2.19 bits per heavy atom. The van der Waals surface area contributed by atoms with Crippen LogP contribution in [0.1, 0.15) is 13.3 Å². The number of esters is 1. The van der Waals surface area contributed by atoms with Crippen molar-refractivity contribution in [1.82, 2.24) is 4.90 Å². The van der Waals surface area contributed by atoms with Crippen LogP contribution in [-0.2, 0) is 14.3 Å². The van der Waals surface area contributed by atoms with Gasteiger partial charge in [-0.15, -0.1) is 0 Å². The highest BCUT2D eigenvalue weighted by molar-refractivity contribution is 5.99. The van der Waals surface area contributed by atoms with Gasteiger partial charge in [0.05, 0.1) is 24.9 Å². The van der Waals surface area contributed by atoms with Crippen molar-refractivity contribution in [2.45, 2.75) is 19.4 Å². The molecule has 1 amide bonds. The van der Waals surface area contributed by atoms with Crippen molar-refractivity contribution in [2.75, 3.05) is 31.6 Å². The van der Waals surface area contributed by atoms with Gasteiger partial charge in [0, 0.05) is 6.54 Å². The zero-order valence-corrected chi connectivity index (χ0v) is 12.2. The minimum Gasteiger partial charge on any atom is -0.465 e. The molecule has 1 atom stereocenters. The molecule has 0 saturated carbocycles. The molecule has 114 valence electrons. The van der Waals surface area contributed by atoms with Gasteiger partial charge in [0.1, 0.15) is 5.82 Å². The second-order valence-electron chi connectivity index (χ2n) is 4.97. The molecule has 6 heteroatoms. The summed E-state index contributed by atoms with van der Waals surface area (Å²) >= 11 is 0. The van der Waals surface area contributed by atoms with Crippen LogP contribution in [0.15, 0.2) is 24.3 Å². The molecular weight excluding hydrogens is 275 g/mol. The van der Waals surface area contributed by atoms with Crippen LogP contribution in [-0.4, -0.2) is 49.6 Å². The molecule has 0 bridgehead atoms. The first-order valence-electron chi connectivity index (χ1n) is 6.96. The lowest BCUT2D eigenvalue weighted by Crippen LogP contribution is -2.42. The standard InChI is InChI=1S/C15H19FN2O3/c1-3-21-14(19)10-17(2)13-8-9-18(15(13)20)12-7-5-4-6-11(12)16/h4-7,13H,3,8-10H2,1-2H3/t13-/m1/s1. The van der Waals surface area contributed by atoms with Crippen molar-refractivity contribution in [1.29, 1.82) is 0 Å². The van der Waals surface area contributed by atoms with E-state index in [4.69, 9.17) is 4.74 Å². The lowest BCUT2D eigenvalue weighted by Gasteiger charge is -2.23. The number of hydrogen-bond acceptors (Lipinski definition) is 4. The largest absolute Gasteiger partial charge is 0.465 e. The van der Waals surface area contributed by atoms with E-state index in [1.807, 2.05) is 0 Å². The fourth-order valence-corrected chi connectivity index (χ4v) is 2.50. The number of anilines is 1. The number of halogens is 1. The van der Waals surface area contributed by atoms with Crippen LogP contribution in [0.2, 0.25) is 0 Å². The Labute approximate surface area is 123 Å². The molecule has 5 nitrogen and oxygen atoms in total. The van der Waals surface area contributed by atoms with Crippen LogP contribution in [0.25, 0.3) is 0 Å². The summed E-state index contributed by atoms with van der Waals surface area (Å²) in [7, 11) is 1.70. The first-order chi connectivity index (χ1) is 10.0. The number of carbonyl (C=O) groups excluding carboxylic acids is 2. The van der Waals surface area contributed by atoms with Gasteiger partial charge in [-0.2, -0.15) is 0 Å².